The molecule has 0 radical (unpaired) electrons. The summed E-state index contributed by atoms with van der Waals surface area (Å²) in [5.41, 5.74) is 6.30. The molecule has 0 spiro atoms. The van der Waals surface area contributed by atoms with E-state index >= 15 is 0 Å². The Morgan fingerprint density at radius 3 is 1.79 bits per heavy atom. The SMILES string of the molecule is Br.CCCCCCC(CCCCCCCl)C(C)(C)N. The minimum atomic E-state index is -0.0152. The van der Waals surface area contributed by atoms with Crippen LogP contribution in [-0.4, -0.2) is 11.4 Å². The second kappa shape index (κ2) is 13.7. The Hall–Kier alpha value is 0.730. The molecule has 1 unspecified atom stereocenters. The van der Waals surface area contributed by atoms with Crippen molar-refractivity contribution < 1.29 is 0 Å². The summed E-state index contributed by atoms with van der Waals surface area (Å²) < 4.78 is 0. The highest BCUT2D eigenvalue weighted by atomic mass is 79.9. The summed E-state index contributed by atoms with van der Waals surface area (Å²) in [6.07, 6.45) is 13.1. The van der Waals surface area contributed by atoms with Gasteiger partial charge in [0.1, 0.15) is 0 Å². The predicted molar refractivity (Wildman–Crippen MR) is 94.6 cm³/mol. The van der Waals surface area contributed by atoms with Crippen molar-refractivity contribution in [3.63, 3.8) is 0 Å². The van der Waals surface area contributed by atoms with Crippen molar-refractivity contribution in [2.75, 3.05) is 5.88 Å². The van der Waals surface area contributed by atoms with Crippen LogP contribution in [0.5, 0.6) is 0 Å². The normalized spacial score (nSPS) is 13.1. The molecule has 0 aliphatic carbocycles. The van der Waals surface area contributed by atoms with E-state index in [9.17, 15) is 0 Å². The van der Waals surface area contributed by atoms with Crippen molar-refractivity contribution in [2.45, 2.75) is 90.5 Å². The molecule has 0 fully saturated rings. The first-order valence-electron chi connectivity index (χ1n) is 7.87. The summed E-state index contributed by atoms with van der Waals surface area (Å²) in [7, 11) is 0. The lowest BCUT2D eigenvalue weighted by atomic mass is 9.80. The van der Waals surface area contributed by atoms with Gasteiger partial charge in [0.2, 0.25) is 0 Å². The number of alkyl halides is 1. The van der Waals surface area contributed by atoms with Crippen LogP contribution in [0.3, 0.4) is 0 Å². The molecule has 1 nitrogen and oxygen atoms in total. The molecule has 0 aliphatic rings. The van der Waals surface area contributed by atoms with Gasteiger partial charge in [-0.15, -0.1) is 28.6 Å². The Morgan fingerprint density at radius 1 is 0.895 bits per heavy atom. The zero-order chi connectivity index (χ0) is 13.9. The average molecular weight is 357 g/mol. The monoisotopic (exact) mass is 355 g/mol. The second-order valence-corrected chi connectivity index (χ2v) is 6.64. The van der Waals surface area contributed by atoms with Crippen LogP contribution in [0.15, 0.2) is 0 Å². The van der Waals surface area contributed by atoms with Crippen LogP contribution < -0.4 is 5.73 Å². The molecule has 3 heteroatoms. The Morgan fingerprint density at radius 2 is 1.37 bits per heavy atom. The molecule has 1 atom stereocenters. The molecule has 0 bridgehead atoms. The largest absolute Gasteiger partial charge is 0.325 e. The molecule has 0 aromatic heterocycles. The highest BCUT2D eigenvalue weighted by Crippen LogP contribution is 2.26. The van der Waals surface area contributed by atoms with Crippen molar-refractivity contribution >= 4 is 28.6 Å². The maximum atomic E-state index is 6.31. The first-order valence-corrected chi connectivity index (χ1v) is 8.40. The Kier molecular flexibility index (Phi) is 15.9. The molecule has 0 saturated heterocycles. The second-order valence-electron chi connectivity index (χ2n) is 6.26. The number of rotatable bonds is 12. The van der Waals surface area contributed by atoms with Gasteiger partial charge in [-0.05, 0) is 39.0 Å². The van der Waals surface area contributed by atoms with Gasteiger partial charge in [0.15, 0.2) is 0 Å². The van der Waals surface area contributed by atoms with Gasteiger partial charge in [0, 0.05) is 11.4 Å². The molecule has 19 heavy (non-hydrogen) atoms. The van der Waals surface area contributed by atoms with Crippen molar-refractivity contribution in [2.24, 2.45) is 11.7 Å². The summed E-state index contributed by atoms with van der Waals surface area (Å²) in [6, 6.07) is 0. The first-order chi connectivity index (χ1) is 8.52. The van der Waals surface area contributed by atoms with E-state index in [0.29, 0.717) is 5.92 Å². The summed E-state index contributed by atoms with van der Waals surface area (Å²) in [5.74, 6) is 1.49. The maximum Gasteiger partial charge on any atom is 0.0223 e. The maximum absolute atomic E-state index is 6.31. The third-order valence-corrected chi connectivity index (χ3v) is 4.16. The summed E-state index contributed by atoms with van der Waals surface area (Å²) in [4.78, 5) is 0. The van der Waals surface area contributed by atoms with E-state index < -0.39 is 0 Å². The van der Waals surface area contributed by atoms with E-state index in [2.05, 4.69) is 20.8 Å². The third kappa shape index (κ3) is 13.5. The van der Waals surface area contributed by atoms with Crippen LogP contribution in [0.4, 0.5) is 0 Å². The van der Waals surface area contributed by atoms with Gasteiger partial charge in [0.25, 0.3) is 0 Å². The molecule has 2 N–H and O–H groups in total. The fourth-order valence-corrected chi connectivity index (χ4v) is 2.73. The third-order valence-electron chi connectivity index (χ3n) is 3.89. The van der Waals surface area contributed by atoms with Crippen LogP contribution in [0.2, 0.25) is 0 Å². The lowest BCUT2D eigenvalue weighted by molar-refractivity contribution is 0.267. The highest BCUT2D eigenvalue weighted by Gasteiger charge is 2.23. The zero-order valence-electron chi connectivity index (χ0n) is 13.2. The Bertz CT molecular complexity index is 180. The predicted octanol–water partition coefficient (Wildman–Crippen LogP) is 6.08. The first kappa shape index (κ1) is 22.0. The van der Waals surface area contributed by atoms with E-state index in [0.717, 1.165) is 12.3 Å². The number of hydrogen-bond donors (Lipinski definition) is 1. The van der Waals surface area contributed by atoms with E-state index in [1.165, 1.54) is 57.8 Å². The molecule has 118 valence electrons. The quantitative estimate of drug-likeness (QED) is 0.333. The van der Waals surface area contributed by atoms with E-state index in [4.69, 9.17) is 17.3 Å². The van der Waals surface area contributed by atoms with Gasteiger partial charge >= 0.3 is 0 Å². The molecular formula is C16H35BrClN. The molecular weight excluding hydrogens is 322 g/mol. The van der Waals surface area contributed by atoms with Crippen molar-refractivity contribution in [3.8, 4) is 0 Å². The van der Waals surface area contributed by atoms with Crippen LogP contribution in [0.1, 0.15) is 85.0 Å². The number of nitrogens with two attached hydrogens (primary N) is 1. The van der Waals surface area contributed by atoms with E-state index in [1.54, 1.807) is 0 Å². The molecule has 0 aromatic carbocycles. The van der Waals surface area contributed by atoms with Gasteiger partial charge in [-0.3, -0.25) is 0 Å². The van der Waals surface area contributed by atoms with Crippen molar-refractivity contribution in [1.82, 2.24) is 0 Å². The van der Waals surface area contributed by atoms with Crippen LogP contribution in [0, 0.1) is 5.92 Å². The van der Waals surface area contributed by atoms with Gasteiger partial charge in [-0.25, -0.2) is 0 Å². The summed E-state index contributed by atoms with van der Waals surface area (Å²) in [6.45, 7) is 6.65. The van der Waals surface area contributed by atoms with Crippen molar-refractivity contribution in [3.05, 3.63) is 0 Å². The number of hydrogen-bond acceptors (Lipinski definition) is 1. The van der Waals surface area contributed by atoms with Crippen LogP contribution in [0.25, 0.3) is 0 Å². The van der Waals surface area contributed by atoms with Crippen LogP contribution in [-0.2, 0) is 0 Å². The fraction of sp³-hybridized carbons (Fsp3) is 1.00. The Balaban J connectivity index is 0. The fourth-order valence-electron chi connectivity index (χ4n) is 2.54. The van der Waals surface area contributed by atoms with E-state index in [1.807, 2.05) is 0 Å². The van der Waals surface area contributed by atoms with Gasteiger partial charge in [-0.2, -0.15) is 0 Å². The average Bonchev–Trinajstić information content (AvgIpc) is 2.30. The molecule has 0 saturated carbocycles. The zero-order valence-corrected chi connectivity index (χ0v) is 15.7. The highest BCUT2D eigenvalue weighted by molar-refractivity contribution is 8.93. The number of unbranched alkanes of at least 4 members (excludes halogenated alkanes) is 6. The van der Waals surface area contributed by atoms with E-state index in [-0.39, 0.29) is 22.5 Å². The lowest BCUT2D eigenvalue weighted by Gasteiger charge is -2.31. The summed E-state index contributed by atoms with van der Waals surface area (Å²) >= 11 is 5.69. The van der Waals surface area contributed by atoms with Gasteiger partial charge in [-0.1, -0.05) is 51.9 Å². The molecule has 0 aliphatic heterocycles. The standard InChI is InChI=1S/C16H34ClN.BrH/c1-4-5-6-9-12-15(16(2,3)18)13-10-7-8-11-14-17;/h15H,4-14,18H2,1-3H3;1H. The van der Waals surface area contributed by atoms with Gasteiger partial charge < -0.3 is 5.73 Å². The molecule has 0 amide bonds. The summed E-state index contributed by atoms with van der Waals surface area (Å²) in [5, 5.41) is 0. The minimum Gasteiger partial charge on any atom is -0.325 e. The molecule has 0 heterocycles. The lowest BCUT2D eigenvalue weighted by Crippen LogP contribution is -2.40. The number of halogens is 2. The van der Waals surface area contributed by atoms with Crippen LogP contribution >= 0.6 is 28.6 Å². The molecule has 0 aromatic rings. The topological polar surface area (TPSA) is 26.0 Å². The van der Waals surface area contributed by atoms with Gasteiger partial charge in [0.05, 0.1) is 0 Å². The smallest absolute Gasteiger partial charge is 0.0223 e. The Labute approximate surface area is 136 Å². The molecule has 0 rings (SSSR count). The van der Waals surface area contributed by atoms with Crippen molar-refractivity contribution in [1.29, 1.82) is 0 Å². The minimum absolute atomic E-state index is 0.